The second-order valence-electron chi connectivity index (χ2n) is 6.46. The summed E-state index contributed by atoms with van der Waals surface area (Å²) in [4.78, 5) is 17.1. The van der Waals surface area contributed by atoms with Gasteiger partial charge >= 0.3 is 0 Å². The van der Waals surface area contributed by atoms with Gasteiger partial charge in [0.15, 0.2) is 5.65 Å². The summed E-state index contributed by atoms with van der Waals surface area (Å²) < 4.78 is 28.3. The topological polar surface area (TPSA) is 59.3 Å². The van der Waals surface area contributed by atoms with Gasteiger partial charge in [0.1, 0.15) is 11.3 Å². The lowest BCUT2D eigenvalue weighted by atomic mass is 10.1. The monoisotopic (exact) mass is 446 g/mol. The third-order valence-electron chi connectivity index (χ3n) is 4.47. The van der Waals surface area contributed by atoms with Crippen LogP contribution < -0.4 is 5.32 Å². The quantitative estimate of drug-likeness (QED) is 0.435. The van der Waals surface area contributed by atoms with Gasteiger partial charge in [0.25, 0.3) is 12.3 Å². The molecule has 9 heteroatoms. The van der Waals surface area contributed by atoms with Crippen molar-refractivity contribution in [1.82, 2.24) is 19.9 Å². The Morgan fingerprint density at radius 2 is 1.83 bits per heavy atom. The zero-order valence-corrected chi connectivity index (χ0v) is 16.8. The minimum atomic E-state index is -2.79. The average Bonchev–Trinajstić information content (AvgIpc) is 3.18. The molecule has 5 nitrogen and oxygen atoms in total. The van der Waals surface area contributed by atoms with Crippen LogP contribution in [-0.2, 0) is 6.54 Å². The number of carbonyl (C=O) groups excluding carboxylic acids is 1. The molecule has 0 atom stereocenters. The van der Waals surface area contributed by atoms with Gasteiger partial charge in [-0.3, -0.25) is 4.79 Å². The maximum absolute atomic E-state index is 13.6. The molecule has 2 aromatic heterocycles. The third-order valence-corrected chi connectivity index (χ3v) is 5.21. The summed E-state index contributed by atoms with van der Waals surface area (Å²) in [6.07, 6.45) is -1.56. The molecule has 1 amide bonds. The number of halogens is 4. The van der Waals surface area contributed by atoms with E-state index in [1.807, 2.05) is 6.07 Å². The lowest BCUT2D eigenvalue weighted by Crippen LogP contribution is -2.23. The van der Waals surface area contributed by atoms with Crippen LogP contribution in [0, 0.1) is 0 Å². The van der Waals surface area contributed by atoms with Gasteiger partial charge in [0, 0.05) is 12.1 Å². The Hall–Kier alpha value is -3.03. The van der Waals surface area contributed by atoms with Crippen LogP contribution in [0.1, 0.15) is 28.0 Å². The van der Waals surface area contributed by atoms with Crippen LogP contribution >= 0.6 is 23.2 Å². The number of alkyl halides is 2. The van der Waals surface area contributed by atoms with Gasteiger partial charge in [-0.25, -0.2) is 18.3 Å². The zero-order chi connectivity index (χ0) is 21.3. The molecule has 2 aromatic carbocycles. The number of nitrogens with zero attached hydrogens (tertiary/aromatic N) is 3. The second kappa shape index (κ2) is 8.38. The van der Waals surface area contributed by atoms with E-state index in [1.54, 1.807) is 42.5 Å². The number of benzene rings is 2. The summed E-state index contributed by atoms with van der Waals surface area (Å²) in [6, 6.07) is 15.2. The van der Waals surface area contributed by atoms with Gasteiger partial charge in [-0.15, -0.1) is 0 Å². The first kappa shape index (κ1) is 20.3. The fourth-order valence-corrected chi connectivity index (χ4v) is 3.31. The van der Waals surface area contributed by atoms with Gasteiger partial charge < -0.3 is 5.32 Å². The van der Waals surface area contributed by atoms with Crippen LogP contribution in [-0.4, -0.2) is 20.5 Å². The summed E-state index contributed by atoms with van der Waals surface area (Å²) in [5, 5.41) is 7.46. The van der Waals surface area contributed by atoms with Gasteiger partial charge in [-0.1, -0.05) is 59.6 Å². The number of carbonyl (C=O) groups is 1. The Balaban J connectivity index is 1.69. The minimum absolute atomic E-state index is 0.0540. The lowest BCUT2D eigenvalue weighted by molar-refractivity contribution is 0.0952. The number of aromatic nitrogens is 3. The van der Waals surface area contributed by atoms with Crippen LogP contribution in [0.15, 0.2) is 60.8 Å². The highest BCUT2D eigenvalue weighted by molar-refractivity contribution is 6.42. The van der Waals surface area contributed by atoms with Crippen molar-refractivity contribution < 1.29 is 13.6 Å². The summed E-state index contributed by atoms with van der Waals surface area (Å²) >= 11 is 11.9. The van der Waals surface area contributed by atoms with Crippen molar-refractivity contribution in [2.45, 2.75) is 13.0 Å². The first-order chi connectivity index (χ1) is 14.4. The molecule has 0 bridgehead atoms. The molecule has 0 aliphatic heterocycles. The Kier molecular flexibility index (Phi) is 5.65. The molecule has 4 rings (SSSR count). The second-order valence-corrected chi connectivity index (χ2v) is 7.27. The maximum atomic E-state index is 13.6. The number of amides is 1. The van der Waals surface area contributed by atoms with Crippen LogP contribution in [0.25, 0.3) is 16.9 Å². The first-order valence-electron chi connectivity index (χ1n) is 8.88. The maximum Gasteiger partial charge on any atom is 0.280 e. The summed E-state index contributed by atoms with van der Waals surface area (Å²) in [5.41, 5.74) is 1.53. The molecule has 4 aromatic rings. The van der Waals surface area contributed by atoms with Gasteiger partial charge in [-0.05, 0) is 23.8 Å². The Bertz CT molecular complexity index is 1230. The van der Waals surface area contributed by atoms with E-state index in [2.05, 4.69) is 15.4 Å². The van der Waals surface area contributed by atoms with Crippen molar-refractivity contribution in [3.05, 3.63) is 87.7 Å². The fourth-order valence-electron chi connectivity index (χ4n) is 2.99. The van der Waals surface area contributed by atoms with Crippen molar-refractivity contribution >= 4 is 34.8 Å². The molecule has 0 aliphatic carbocycles. The van der Waals surface area contributed by atoms with E-state index in [0.29, 0.717) is 21.3 Å². The van der Waals surface area contributed by atoms with Crippen LogP contribution in [0.2, 0.25) is 10.0 Å². The standard InChI is InChI=1S/C21H14Cl2F2N4O/c22-15-7-6-12(8-16(15)23)10-26-21(30)14-11-27-29-18(19(24)25)9-17(28-20(14)29)13-4-2-1-3-5-13/h1-9,11,19H,10H2,(H,26,30). The number of nitrogens with one attached hydrogen (secondary N) is 1. The van der Waals surface area contributed by atoms with E-state index in [1.165, 1.54) is 12.3 Å². The number of hydrogen-bond acceptors (Lipinski definition) is 3. The fraction of sp³-hybridized carbons (Fsp3) is 0.0952. The highest BCUT2D eigenvalue weighted by atomic mass is 35.5. The van der Waals surface area contributed by atoms with Crippen molar-refractivity contribution in [2.24, 2.45) is 0 Å². The number of rotatable bonds is 5. The molecular formula is C21H14Cl2F2N4O. The molecule has 0 saturated heterocycles. The molecule has 0 saturated carbocycles. The minimum Gasteiger partial charge on any atom is -0.348 e. The average molecular weight is 447 g/mol. The molecule has 1 N–H and O–H groups in total. The third kappa shape index (κ3) is 3.99. The molecule has 0 radical (unpaired) electrons. The Morgan fingerprint density at radius 1 is 1.07 bits per heavy atom. The molecule has 0 fully saturated rings. The number of hydrogen-bond donors (Lipinski definition) is 1. The first-order valence-corrected chi connectivity index (χ1v) is 9.64. The zero-order valence-electron chi connectivity index (χ0n) is 15.3. The van der Waals surface area contributed by atoms with Crippen molar-refractivity contribution in [1.29, 1.82) is 0 Å². The molecule has 0 aliphatic rings. The van der Waals surface area contributed by atoms with Crippen molar-refractivity contribution in [3.63, 3.8) is 0 Å². The van der Waals surface area contributed by atoms with Crippen LogP contribution in [0.4, 0.5) is 8.78 Å². The van der Waals surface area contributed by atoms with Crippen LogP contribution in [0.3, 0.4) is 0 Å². The SMILES string of the molecule is O=C(NCc1ccc(Cl)c(Cl)c1)c1cnn2c(C(F)F)cc(-c3ccccc3)nc12. The summed E-state index contributed by atoms with van der Waals surface area (Å²) in [7, 11) is 0. The van der Waals surface area contributed by atoms with E-state index in [4.69, 9.17) is 23.2 Å². The van der Waals surface area contributed by atoms with E-state index in [0.717, 1.165) is 10.1 Å². The van der Waals surface area contributed by atoms with Gasteiger partial charge in [0.2, 0.25) is 0 Å². The molecule has 30 heavy (non-hydrogen) atoms. The van der Waals surface area contributed by atoms with Crippen molar-refractivity contribution in [2.75, 3.05) is 0 Å². The smallest absolute Gasteiger partial charge is 0.280 e. The molecule has 152 valence electrons. The Labute approximate surface area is 180 Å². The molecular weight excluding hydrogens is 433 g/mol. The molecule has 0 unspecified atom stereocenters. The van der Waals surface area contributed by atoms with Crippen molar-refractivity contribution in [3.8, 4) is 11.3 Å². The van der Waals surface area contributed by atoms with Crippen LogP contribution in [0.5, 0.6) is 0 Å². The van der Waals surface area contributed by atoms with E-state index >= 15 is 0 Å². The highest BCUT2D eigenvalue weighted by Gasteiger charge is 2.21. The van der Waals surface area contributed by atoms with E-state index < -0.39 is 12.3 Å². The normalized spacial score (nSPS) is 11.2. The van der Waals surface area contributed by atoms with E-state index in [9.17, 15) is 13.6 Å². The Morgan fingerprint density at radius 3 is 2.53 bits per heavy atom. The van der Waals surface area contributed by atoms with E-state index in [-0.39, 0.29) is 23.4 Å². The predicted molar refractivity (Wildman–Crippen MR) is 111 cm³/mol. The highest BCUT2D eigenvalue weighted by Crippen LogP contribution is 2.27. The molecule has 2 heterocycles. The summed E-state index contributed by atoms with van der Waals surface area (Å²) in [6.45, 7) is 0.174. The molecule has 0 spiro atoms. The predicted octanol–water partition coefficient (Wildman–Crippen LogP) is 5.57. The van der Waals surface area contributed by atoms with Gasteiger partial charge in [-0.2, -0.15) is 5.10 Å². The summed E-state index contributed by atoms with van der Waals surface area (Å²) in [5.74, 6) is -0.492. The lowest BCUT2D eigenvalue weighted by Gasteiger charge is -2.09. The van der Waals surface area contributed by atoms with Gasteiger partial charge in [0.05, 0.1) is 21.9 Å². The number of fused-ring (bicyclic) bond motifs is 1. The largest absolute Gasteiger partial charge is 0.348 e.